The Kier molecular flexibility index (Phi) is 4.15. The Morgan fingerprint density at radius 2 is 1.94 bits per heavy atom. The SMILES string of the molecule is CNc1nc(C)cc(OCc2ccc(Br)cc2)n1. The lowest BCUT2D eigenvalue weighted by atomic mass is 10.2. The molecule has 1 aromatic carbocycles. The second kappa shape index (κ2) is 5.82. The van der Waals surface area contributed by atoms with Crippen LogP contribution in [0.4, 0.5) is 5.95 Å². The van der Waals surface area contributed by atoms with Crippen molar-refractivity contribution in [3.63, 3.8) is 0 Å². The van der Waals surface area contributed by atoms with Gasteiger partial charge in [0.2, 0.25) is 11.8 Å². The topological polar surface area (TPSA) is 47.0 Å². The highest BCUT2D eigenvalue weighted by atomic mass is 79.9. The molecule has 0 amide bonds. The zero-order chi connectivity index (χ0) is 13.0. The van der Waals surface area contributed by atoms with Crippen molar-refractivity contribution in [1.82, 2.24) is 9.97 Å². The fourth-order valence-corrected chi connectivity index (χ4v) is 1.73. The van der Waals surface area contributed by atoms with Gasteiger partial charge in [-0.15, -0.1) is 0 Å². The minimum atomic E-state index is 0.493. The first kappa shape index (κ1) is 12.8. The highest BCUT2D eigenvalue weighted by Gasteiger charge is 2.02. The van der Waals surface area contributed by atoms with Crippen LogP contribution >= 0.6 is 15.9 Å². The van der Waals surface area contributed by atoms with E-state index in [1.807, 2.05) is 37.3 Å². The normalized spacial score (nSPS) is 10.2. The first-order valence-electron chi connectivity index (χ1n) is 5.58. The van der Waals surface area contributed by atoms with E-state index in [0.717, 1.165) is 15.7 Å². The maximum Gasteiger partial charge on any atom is 0.225 e. The summed E-state index contributed by atoms with van der Waals surface area (Å²) >= 11 is 3.40. The van der Waals surface area contributed by atoms with Crippen LogP contribution in [0.5, 0.6) is 5.88 Å². The molecule has 1 heterocycles. The first-order valence-corrected chi connectivity index (χ1v) is 6.37. The third-order valence-corrected chi connectivity index (χ3v) is 2.88. The van der Waals surface area contributed by atoms with Gasteiger partial charge in [0.1, 0.15) is 6.61 Å². The zero-order valence-electron chi connectivity index (χ0n) is 10.3. The van der Waals surface area contributed by atoms with Crippen molar-refractivity contribution >= 4 is 21.9 Å². The Balaban J connectivity index is 2.05. The molecule has 0 saturated heterocycles. The molecule has 0 aliphatic carbocycles. The maximum absolute atomic E-state index is 5.65. The monoisotopic (exact) mass is 307 g/mol. The molecule has 0 unspecified atom stereocenters. The number of nitrogens with one attached hydrogen (secondary N) is 1. The predicted molar refractivity (Wildman–Crippen MR) is 74.8 cm³/mol. The smallest absolute Gasteiger partial charge is 0.225 e. The molecule has 18 heavy (non-hydrogen) atoms. The molecule has 2 rings (SSSR count). The van der Waals surface area contributed by atoms with E-state index in [2.05, 4.69) is 31.2 Å². The van der Waals surface area contributed by atoms with Crippen LogP contribution in [0.15, 0.2) is 34.8 Å². The number of hydrogen-bond acceptors (Lipinski definition) is 4. The van der Waals surface area contributed by atoms with Crippen LogP contribution in [0.3, 0.4) is 0 Å². The number of hydrogen-bond donors (Lipinski definition) is 1. The van der Waals surface area contributed by atoms with Crippen LogP contribution in [0, 0.1) is 6.92 Å². The van der Waals surface area contributed by atoms with Gasteiger partial charge in [-0.05, 0) is 24.6 Å². The first-order chi connectivity index (χ1) is 8.67. The number of rotatable bonds is 4. The summed E-state index contributed by atoms with van der Waals surface area (Å²) in [4.78, 5) is 8.44. The van der Waals surface area contributed by atoms with Gasteiger partial charge in [-0.25, -0.2) is 4.98 Å². The van der Waals surface area contributed by atoms with Gasteiger partial charge in [0, 0.05) is 23.3 Å². The van der Waals surface area contributed by atoms with Crippen LogP contribution in [0.25, 0.3) is 0 Å². The average Bonchev–Trinajstić information content (AvgIpc) is 2.37. The molecular weight excluding hydrogens is 294 g/mol. The highest BCUT2D eigenvalue weighted by Crippen LogP contribution is 2.15. The van der Waals surface area contributed by atoms with Gasteiger partial charge < -0.3 is 10.1 Å². The molecule has 1 N–H and O–H groups in total. The van der Waals surface area contributed by atoms with Crippen LogP contribution in [-0.4, -0.2) is 17.0 Å². The molecule has 0 atom stereocenters. The lowest BCUT2D eigenvalue weighted by Gasteiger charge is -2.07. The molecular formula is C13H14BrN3O. The second-order valence-electron chi connectivity index (χ2n) is 3.84. The number of anilines is 1. The van der Waals surface area contributed by atoms with Crippen molar-refractivity contribution in [2.75, 3.05) is 12.4 Å². The van der Waals surface area contributed by atoms with E-state index in [0.29, 0.717) is 18.4 Å². The lowest BCUT2D eigenvalue weighted by Crippen LogP contribution is -2.02. The Bertz CT molecular complexity index is 528. The molecule has 0 aliphatic heterocycles. The number of ether oxygens (including phenoxy) is 1. The van der Waals surface area contributed by atoms with Gasteiger partial charge in [0.15, 0.2) is 0 Å². The van der Waals surface area contributed by atoms with Crippen LogP contribution in [-0.2, 0) is 6.61 Å². The van der Waals surface area contributed by atoms with Gasteiger partial charge >= 0.3 is 0 Å². The minimum absolute atomic E-state index is 0.493. The minimum Gasteiger partial charge on any atom is -0.473 e. The summed E-state index contributed by atoms with van der Waals surface area (Å²) < 4.78 is 6.71. The van der Waals surface area contributed by atoms with Gasteiger partial charge in [-0.3, -0.25) is 0 Å². The van der Waals surface area contributed by atoms with E-state index < -0.39 is 0 Å². The second-order valence-corrected chi connectivity index (χ2v) is 4.75. The van der Waals surface area contributed by atoms with E-state index in [4.69, 9.17) is 4.74 Å². The molecule has 5 heteroatoms. The third-order valence-electron chi connectivity index (χ3n) is 2.35. The molecule has 94 valence electrons. The largest absolute Gasteiger partial charge is 0.473 e. The molecule has 0 aliphatic rings. The Morgan fingerprint density at radius 1 is 1.22 bits per heavy atom. The summed E-state index contributed by atoms with van der Waals surface area (Å²) in [6, 6.07) is 9.82. The number of aromatic nitrogens is 2. The summed E-state index contributed by atoms with van der Waals surface area (Å²) in [5.41, 5.74) is 1.97. The van der Waals surface area contributed by atoms with Crippen molar-refractivity contribution in [3.8, 4) is 5.88 Å². The van der Waals surface area contributed by atoms with Gasteiger partial charge in [-0.2, -0.15) is 4.98 Å². The van der Waals surface area contributed by atoms with Crippen LogP contribution < -0.4 is 10.1 Å². The summed E-state index contributed by atoms with van der Waals surface area (Å²) in [6.07, 6.45) is 0. The third kappa shape index (κ3) is 3.43. The molecule has 0 radical (unpaired) electrons. The van der Waals surface area contributed by atoms with Gasteiger partial charge in [0.25, 0.3) is 0 Å². The van der Waals surface area contributed by atoms with Crippen molar-refractivity contribution < 1.29 is 4.74 Å². The number of benzene rings is 1. The molecule has 1 aromatic heterocycles. The number of halogens is 1. The molecule has 4 nitrogen and oxygen atoms in total. The fourth-order valence-electron chi connectivity index (χ4n) is 1.46. The maximum atomic E-state index is 5.65. The lowest BCUT2D eigenvalue weighted by molar-refractivity contribution is 0.293. The van der Waals surface area contributed by atoms with Gasteiger partial charge in [0.05, 0.1) is 0 Å². The molecule has 0 spiro atoms. The van der Waals surface area contributed by atoms with Crippen molar-refractivity contribution in [1.29, 1.82) is 0 Å². The summed E-state index contributed by atoms with van der Waals surface area (Å²) in [7, 11) is 1.78. The summed E-state index contributed by atoms with van der Waals surface area (Å²) in [5.74, 6) is 1.15. The Hall–Kier alpha value is -1.62. The van der Waals surface area contributed by atoms with E-state index in [1.165, 1.54) is 0 Å². The van der Waals surface area contributed by atoms with E-state index in [-0.39, 0.29) is 0 Å². The molecule has 0 bridgehead atoms. The van der Waals surface area contributed by atoms with E-state index in [1.54, 1.807) is 7.05 Å². The molecule has 0 saturated carbocycles. The van der Waals surface area contributed by atoms with Crippen LogP contribution in [0.2, 0.25) is 0 Å². The quantitative estimate of drug-likeness (QED) is 0.942. The Morgan fingerprint density at radius 3 is 2.61 bits per heavy atom. The van der Waals surface area contributed by atoms with Crippen molar-refractivity contribution in [2.24, 2.45) is 0 Å². The highest BCUT2D eigenvalue weighted by molar-refractivity contribution is 9.10. The van der Waals surface area contributed by atoms with Crippen molar-refractivity contribution in [2.45, 2.75) is 13.5 Å². The molecule has 0 fully saturated rings. The average molecular weight is 308 g/mol. The standard InChI is InChI=1S/C13H14BrN3O/c1-9-7-12(17-13(15-2)16-9)18-8-10-3-5-11(14)6-4-10/h3-7H,8H2,1-2H3,(H,15,16,17). The summed E-state index contributed by atoms with van der Waals surface area (Å²) in [6.45, 7) is 2.40. The zero-order valence-corrected chi connectivity index (χ0v) is 11.9. The number of aryl methyl sites for hydroxylation is 1. The van der Waals surface area contributed by atoms with E-state index in [9.17, 15) is 0 Å². The van der Waals surface area contributed by atoms with Crippen molar-refractivity contribution in [3.05, 3.63) is 46.1 Å². The Labute approximate surface area is 115 Å². The van der Waals surface area contributed by atoms with Crippen LogP contribution in [0.1, 0.15) is 11.3 Å². The summed E-state index contributed by atoms with van der Waals surface area (Å²) in [5, 5.41) is 2.91. The number of nitrogens with zero attached hydrogens (tertiary/aromatic N) is 2. The van der Waals surface area contributed by atoms with Gasteiger partial charge in [-0.1, -0.05) is 28.1 Å². The molecule has 2 aromatic rings. The predicted octanol–water partition coefficient (Wildman–Crippen LogP) is 3.17. The fraction of sp³-hybridized carbons (Fsp3) is 0.231. The van der Waals surface area contributed by atoms with E-state index >= 15 is 0 Å².